The van der Waals surface area contributed by atoms with Crippen LogP contribution in [0.25, 0.3) is 43.7 Å². The highest BCUT2D eigenvalue weighted by atomic mass is 35.5. The lowest BCUT2D eigenvalue weighted by molar-refractivity contribution is 1.23. The van der Waals surface area contributed by atoms with Gasteiger partial charge in [-0.1, -0.05) is 78.9 Å². The predicted octanol–water partition coefficient (Wildman–Crippen LogP) is 6.26. The second-order valence-electron chi connectivity index (χ2n) is 6.02. The Balaban J connectivity index is 2.11. The van der Waals surface area contributed by atoms with Crippen LogP contribution in [-0.4, -0.2) is 9.97 Å². The summed E-state index contributed by atoms with van der Waals surface area (Å²) in [7, 11) is 0. The van der Waals surface area contributed by atoms with Gasteiger partial charge in [-0.25, -0.2) is 9.97 Å². The lowest BCUT2D eigenvalue weighted by Crippen LogP contribution is -1.94. The van der Waals surface area contributed by atoms with E-state index in [1.54, 1.807) is 0 Å². The van der Waals surface area contributed by atoms with Gasteiger partial charge in [0.1, 0.15) is 0 Å². The largest absolute Gasteiger partial charge is 0.223 e. The van der Waals surface area contributed by atoms with Gasteiger partial charge in [0.15, 0.2) is 0 Å². The molecule has 0 unspecified atom stereocenters. The van der Waals surface area contributed by atoms with Crippen molar-refractivity contribution in [3.8, 4) is 11.3 Å². The fourth-order valence-electron chi connectivity index (χ4n) is 3.55. The van der Waals surface area contributed by atoms with E-state index in [0.717, 1.165) is 32.9 Å². The molecule has 118 valence electrons. The second kappa shape index (κ2) is 5.54. The molecular formula is C22H13ClN2. The van der Waals surface area contributed by atoms with Crippen molar-refractivity contribution in [1.29, 1.82) is 0 Å². The number of benzene rings is 4. The Labute approximate surface area is 149 Å². The van der Waals surface area contributed by atoms with E-state index in [1.807, 2.05) is 24.3 Å². The zero-order valence-electron chi connectivity index (χ0n) is 13.3. The molecule has 0 saturated carbocycles. The molecule has 3 heteroatoms. The standard InChI is InChI=1S/C22H13ClN2/c23-22-24-20(14-8-2-1-3-9-14)19-17-12-6-4-10-15(17)16-11-5-7-13-18(16)21(19)25-22/h1-13H. The van der Waals surface area contributed by atoms with Crippen LogP contribution in [0.15, 0.2) is 78.9 Å². The molecule has 0 aliphatic heterocycles. The Bertz CT molecular complexity index is 1250. The van der Waals surface area contributed by atoms with Gasteiger partial charge in [0.25, 0.3) is 0 Å². The summed E-state index contributed by atoms with van der Waals surface area (Å²) in [5.74, 6) is 0. The third kappa shape index (κ3) is 2.19. The zero-order valence-corrected chi connectivity index (χ0v) is 14.0. The molecule has 0 saturated heterocycles. The average Bonchev–Trinajstić information content (AvgIpc) is 2.68. The third-order valence-electron chi connectivity index (χ3n) is 4.60. The van der Waals surface area contributed by atoms with E-state index in [1.165, 1.54) is 10.8 Å². The maximum atomic E-state index is 6.30. The fraction of sp³-hybridized carbons (Fsp3) is 0. The summed E-state index contributed by atoms with van der Waals surface area (Å²) in [5.41, 5.74) is 2.81. The van der Waals surface area contributed by atoms with Gasteiger partial charge in [-0.2, -0.15) is 0 Å². The first-order valence-electron chi connectivity index (χ1n) is 8.15. The maximum Gasteiger partial charge on any atom is 0.223 e. The van der Waals surface area contributed by atoms with Gasteiger partial charge in [-0.15, -0.1) is 0 Å². The average molecular weight is 341 g/mol. The highest BCUT2D eigenvalue weighted by Gasteiger charge is 2.15. The van der Waals surface area contributed by atoms with Crippen LogP contribution in [0.3, 0.4) is 0 Å². The minimum atomic E-state index is 0.270. The Hall–Kier alpha value is -2.97. The maximum absolute atomic E-state index is 6.30. The minimum absolute atomic E-state index is 0.270. The van der Waals surface area contributed by atoms with Gasteiger partial charge in [0.2, 0.25) is 5.28 Å². The van der Waals surface area contributed by atoms with Crippen molar-refractivity contribution in [1.82, 2.24) is 9.97 Å². The van der Waals surface area contributed by atoms with E-state index in [0.29, 0.717) is 0 Å². The Morgan fingerprint density at radius 2 is 1.12 bits per heavy atom. The molecule has 0 radical (unpaired) electrons. The topological polar surface area (TPSA) is 25.8 Å². The van der Waals surface area contributed by atoms with Crippen LogP contribution in [0.2, 0.25) is 5.28 Å². The van der Waals surface area contributed by atoms with Gasteiger partial charge in [-0.3, -0.25) is 0 Å². The molecule has 5 aromatic rings. The lowest BCUT2D eigenvalue weighted by Gasteiger charge is -2.13. The van der Waals surface area contributed by atoms with Crippen LogP contribution in [0.1, 0.15) is 0 Å². The first-order chi connectivity index (χ1) is 12.3. The normalized spacial score (nSPS) is 11.4. The molecule has 5 rings (SSSR count). The number of hydrogen-bond donors (Lipinski definition) is 0. The monoisotopic (exact) mass is 340 g/mol. The molecular weight excluding hydrogens is 328 g/mol. The van der Waals surface area contributed by atoms with E-state index in [9.17, 15) is 0 Å². The summed E-state index contributed by atoms with van der Waals surface area (Å²) < 4.78 is 0. The molecule has 0 aliphatic carbocycles. The highest BCUT2D eigenvalue weighted by molar-refractivity contribution is 6.31. The van der Waals surface area contributed by atoms with Crippen LogP contribution in [-0.2, 0) is 0 Å². The first-order valence-corrected chi connectivity index (χ1v) is 8.53. The van der Waals surface area contributed by atoms with Crippen LogP contribution in [0.5, 0.6) is 0 Å². The number of aromatic nitrogens is 2. The van der Waals surface area contributed by atoms with Crippen molar-refractivity contribution in [3.63, 3.8) is 0 Å². The quantitative estimate of drug-likeness (QED) is 0.266. The number of halogens is 1. The van der Waals surface area contributed by atoms with Crippen molar-refractivity contribution in [2.24, 2.45) is 0 Å². The van der Waals surface area contributed by atoms with E-state index >= 15 is 0 Å². The molecule has 0 fully saturated rings. The van der Waals surface area contributed by atoms with Crippen LogP contribution >= 0.6 is 11.6 Å². The molecule has 2 nitrogen and oxygen atoms in total. The molecule has 0 atom stereocenters. The molecule has 0 N–H and O–H groups in total. The fourth-order valence-corrected chi connectivity index (χ4v) is 3.72. The number of fused-ring (bicyclic) bond motifs is 6. The Morgan fingerprint density at radius 1 is 0.560 bits per heavy atom. The zero-order chi connectivity index (χ0) is 16.8. The molecule has 0 spiro atoms. The predicted molar refractivity (Wildman–Crippen MR) is 105 cm³/mol. The minimum Gasteiger partial charge on any atom is -0.217 e. The van der Waals surface area contributed by atoms with E-state index in [4.69, 9.17) is 11.6 Å². The van der Waals surface area contributed by atoms with E-state index < -0.39 is 0 Å². The van der Waals surface area contributed by atoms with Gasteiger partial charge in [0.05, 0.1) is 11.2 Å². The summed E-state index contributed by atoms with van der Waals surface area (Å²) in [6.07, 6.45) is 0. The summed E-state index contributed by atoms with van der Waals surface area (Å²) in [6, 6.07) is 26.9. The van der Waals surface area contributed by atoms with Gasteiger partial charge in [-0.05, 0) is 27.8 Å². The summed E-state index contributed by atoms with van der Waals surface area (Å²) in [4.78, 5) is 9.18. The number of hydrogen-bond acceptors (Lipinski definition) is 2. The van der Waals surface area contributed by atoms with Crippen molar-refractivity contribution in [2.45, 2.75) is 0 Å². The number of rotatable bonds is 1. The van der Waals surface area contributed by atoms with Crippen molar-refractivity contribution < 1.29 is 0 Å². The summed E-state index contributed by atoms with van der Waals surface area (Å²) >= 11 is 6.30. The lowest BCUT2D eigenvalue weighted by atomic mass is 9.94. The highest BCUT2D eigenvalue weighted by Crippen LogP contribution is 2.38. The molecule has 0 amide bonds. The SMILES string of the molecule is Clc1nc(-c2ccccc2)c2c3ccccc3c3ccccc3c2n1. The van der Waals surface area contributed by atoms with E-state index in [2.05, 4.69) is 64.6 Å². The second-order valence-corrected chi connectivity index (χ2v) is 6.36. The van der Waals surface area contributed by atoms with Crippen molar-refractivity contribution in [2.75, 3.05) is 0 Å². The third-order valence-corrected chi connectivity index (χ3v) is 4.77. The van der Waals surface area contributed by atoms with Crippen LogP contribution < -0.4 is 0 Å². The van der Waals surface area contributed by atoms with Crippen LogP contribution in [0, 0.1) is 0 Å². The summed E-state index contributed by atoms with van der Waals surface area (Å²) in [5, 5.41) is 5.94. The van der Waals surface area contributed by atoms with Crippen LogP contribution in [0.4, 0.5) is 0 Å². The first kappa shape index (κ1) is 14.4. The smallest absolute Gasteiger partial charge is 0.217 e. The molecule has 4 aromatic carbocycles. The Morgan fingerprint density at radius 3 is 1.84 bits per heavy atom. The number of nitrogens with zero attached hydrogens (tertiary/aromatic N) is 2. The molecule has 1 aromatic heterocycles. The molecule has 0 aliphatic rings. The van der Waals surface area contributed by atoms with Crippen molar-refractivity contribution >= 4 is 44.0 Å². The van der Waals surface area contributed by atoms with Gasteiger partial charge >= 0.3 is 0 Å². The van der Waals surface area contributed by atoms with E-state index in [-0.39, 0.29) is 5.28 Å². The van der Waals surface area contributed by atoms with Gasteiger partial charge < -0.3 is 0 Å². The molecule has 1 heterocycles. The van der Waals surface area contributed by atoms with Gasteiger partial charge in [0, 0.05) is 16.3 Å². The summed E-state index contributed by atoms with van der Waals surface area (Å²) in [6.45, 7) is 0. The molecule has 25 heavy (non-hydrogen) atoms. The molecule has 0 bridgehead atoms. The Kier molecular flexibility index (Phi) is 3.19. The van der Waals surface area contributed by atoms with Crippen molar-refractivity contribution in [3.05, 3.63) is 84.1 Å².